The lowest BCUT2D eigenvalue weighted by Gasteiger charge is -2.18. The Balaban J connectivity index is 1.57. The van der Waals surface area contributed by atoms with Crippen LogP contribution in [0.2, 0.25) is 0 Å². The van der Waals surface area contributed by atoms with Crippen molar-refractivity contribution < 1.29 is 19.1 Å². The Hall–Kier alpha value is -3.66. The normalized spacial score (nSPS) is 16.6. The zero-order chi connectivity index (χ0) is 21.7. The summed E-state index contributed by atoms with van der Waals surface area (Å²) in [6.07, 6.45) is -0.0761. The molecule has 2 aromatic carbocycles. The van der Waals surface area contributed by atoms with Gasteiger partial charge in [-0.05, 0) is 49.2 Å². The lowest BCUT2D eigenvalue weighted by molar-refractivity contribution is -0.157. The first kappa shape index (κ1) is 21.1. The number of benzene rings is 2. The molecule has 1 fully saturated rings. The molecule has 0 saturated carbocycles. The number of anilines is 2. The number of hydrogen-bond acceptors (Lipinski definition) is 5. The summed E-state index contributed by atoms with van der Waals surface area (Å²) in [6, 6.07) is 16.1. The first-order valence-electron chi connectivity index (χ1n) is 9.82. The van der Waals surface area contributed by atoms with Gasteiger partial charge >= 0.3 is 5.97 Å². The van der Waals surface area contributed by atoms with Gasteiger partial charge in [-0.15, -0.1) is 0 Å². The molecule has 1 saturated heterocycles. The monoisotopic (exact) mass is 405 g/mol. The molecule has 0 spiro atoms. The van der Waals surface area contributed by atoms with E-state index in [1.54, 1.807) is 23.1 Å². The molecular formula is C23H23N3O4. The molecule has 7 heteroatoms. The SMILES string of the molecule is CCc1ccc(N2C[C@H](C(=O)O[C@@H](C)C(=O)Nc3cccc(C#N)c3)CC2=O)cc1. The van der Waals surface area contributed by atoms with Crippen LogP contribution in [0.4, 0.5) is 11.4 Å². The van der Waals surface area contributed by atoms with Crippen LogP contribution in [0.5, 0.6) is 0 Å². The van der Waals surface area contributed by atoms with E-state index < -0.39 is 23.9 Å². The summed E-state index contributed by atoms with van der Waals surface area (Å²) < 4.78 is 5.30. The van der Waals surface area contributed by atoms with Gasteiger partial charge in [0, 0.05) is 24.3 Å². The number of ether oxygens (including phenoxy) is 1. The standard InChI is InChI=1S/C23H23N3O4/c1-3-16-7-9-20(10-8-16)26-14-18(12-21(26)27)23(29)30-15(2)22(28)25-19-6-4-5-17(11-19)13-24/h4-11,15,18H,3,12,14H2,1-2H3,(H,25,28)/t15-,18+/m0/s1. The van der Waals surface area contributed by atoms with Gasteiger partial charge in [0.15, 0.2) is 6.10 Å². The molecule has 1 aliphatic rings. The summed E-state index contributed by atoms with van der Waals surface area (Å²) >= 11 is 0. The van der Waals surface area contributed by atoms with Crippen molar-refractivity contribution in [1.29, 1.82) is 5.26 Å². The van der Waals surface area contributed by atoms with Gasteiger partial charge in [0.2, 0.25) is 5.91 Å². The van der Waals surface area contributed by atoms with Crippen LogP contribution >= 0.6 is 0 Å². The van der Waals surface area contributed by atoms with Gasteiger partial charge in [0.1, 0.15) is 0 Å². The van der Waals surface area contributed by atoms with Crippen LogP contribution in [-0.4, -0.2) is 30.4 Å². The fourth-order valence-electron chi connectivity index (χ4n) is 3.26. The molecule has 2 aromatic rings. The van der Waals surface area contributed by atoms with Crippen LogP contribution in [0.15, 0.2) is 48.5 Å². The Labute approximate surface area is 175 Å². The zero-order valence-corrected chi connectivity index (χ0v) is 16.9. The number of nitrogens with one attached hydrogen (secondary N) is 1. The number of amides is 2. The Bertz CT molecular complexity index is 994. The van der Waals surface area contributed by atoms with Crippen LogP contribution in [0, 0.1) is 17.2 Å². The molecule has 1 N–H and O–H groups in total. The van der Waals surface area contributed by atoms with Gasteiger partial charge < -0.3 is 15.0 Å². The van der Waals surface area contributed by atoms with Gasteiger partial charge in [-0.2, -0.15) is 5.26 Å². The minimum atomic E-state index is -1.03. The number of carbonyl (C=O) groups is 3. The van der Waals surface area contributed by atoms with Gasteiger partial charge in [-0.3, -0.25) is 14.4 Å². The number of nitriles is 1. The second-order valence-corrected chi connectivity index (χ2v) is 7.19. The molecule has 7 nitrogen and oxygen atoms in total. The maximum atomic E-state index is 12.5. The van der Waals surface area contributed by atoms with Crippen LogP contribution < -0.4 is 10.2 Å². The first-order valence-corrected chi connectivity index (χ1v) is 9.82. The highest BCUT2D eigenvalue weighted by molar-refractivity contribution is 6.00. The molecule has 2 atom stereocenters. The predicted octanol–water partition coefficient (Wildman–Crippen LogP) is 3.04. The van der Waals surface area contributed by atoms with Crippen molar-refractivity contribution in [3.63, 3.8) is 0 Å². The van der Waals surface area contributed by atoms with E-state index in [2.05, 4.69) is 12.2 Å². The summed E-state index contributed by atoms with van der Waals surface area (Å²) in [4.78, 5) is 38.8. The van der Waals surface area contributed by atoms with Crippen molar-refractivity contribution in [2.24, 2.45) is 5.92 Å². The number of rotatable bonds is 6. The molecule has 2 amide bonds. The molecule has 30 heavy (non-hydrogen) atoms. The minimum Gasteiger partial charge on any atom is -0.452 e. The molecule has 0 radical (unpaired) electrons. The van der Waals surface area contributed by atoms with Crippen molar-refractivity contribution in [1.82, 2.24) is 0 Å². The predicted molar refractivity (Wildman–Crippen MR) is 112 cm³/mol. The maximum absolute atomic E-state index is 12.5. The van der Waals surface area contributed by atoms with Gasteiger partial charge in [-0.1, -0.05) is 25.1 Å². The van der Waals surface area contributed by atoms with E-state index in [4.69, 9.17) is 10.00 Å². The summed E-state index contributed by atoms with van der Waals surface area (Å²) in [5.41, 5.74) is 2.77. The molecular weight excluding hydrogens is 382 g/mol. The van der Waals surface area contributed by atoms with Crippen molar-refractivity contribution in [2.75, 3.05) is 16.8 Å². The van der Waals surface area contributed by atoms with Crippen molar-refractivity contribution in [3.8, 4) is 6.07 Å². The van der Waals surface area contributed by atoms with Crippen LogP contribution in [0.3, 0.4) is 0 Å². The molecule has 0 unspecified atom stereocenters. The summed E-state index contributed by atoms with van der Waals surface area (Å²) in [5, 5.41) is 11.6. The maximum Gasteiger partial charge on any atom is 0.312 e. The highest BCUT2D eigenvalue weighted by atomic mass is 16.5. The molecule has 1 heterocycles. The lowest BCUT2D eigenvalue weighted by Crippen LogP contribution is -2.33. The first-order chi connectivity index (χ1) is 14.4. The molecule has 1 aliphatic heterocycles. The Morgan fingerprint density at radius 2 is 2.00 bits per heavy atom. The molecule has 0 bridgehead atoms. The van der Waals surface area contributed by atoms with E-state index in [0.29, 0.717) is 11.3 Å². The van der Waals surface area contributed by atoms with E-state index in [1.807, 2.05) is 30.3 Å². The van der Waals surface area contributed by atoms with E-state index >= 15 is 0 Å². The van der Waals surface area contributed by atoms with Crippen molar-refractivity contribution >= 4 is 29.2 Å². The quantitative estimate of drug-likeness (QED) is 0.745. The number of nitrogens with zero attached hydrogens (tertiary/aromatic N) is 2. The topological polar surface area (TPSA) is 99.5 Å². The minimum absolute atomic E-state index is 0.0485. The fourth-order valence-corrected chi connectivity index (χ4v) is 3.26. The second kappa shape index (κ2) is 9.23. The van der Waals surface area contributed by atoms with Gasteiger partial charge in [-0.25, -0.2) is 0 Å². The fraction of sp³-hybridized carbons (Fsp3) is 0.304. The number of esters is 1. The number of aryl methyl sites for hydroxylation is 1. The van der Waals surface area contributed by atoms with E-state index in [1.165, 1.54) is 18.6 Å². The van der Waals surface area contributed by atoms with Crippen LogP contribution in [0.1, 0.15) is 31.4 Å². The Kier molecular flexibility index (Phi) is 6.48. The largest absolute Gasteiger partial charge is 0.452 e. The zero-order valence-electron chi connectivity index (χ0n) is 16.9. The van der Waals surface area contributed by atoms with Crippen molar-refractivity contribution in [2.45, 2.75) is 32.8 Å². The van der Waals surface area contributed by atoms with E-state index in [9.17, 15) is 14.4 Å². The van der Waals surface area contributed by atoms with E-state index in [-0.39, 0.29) is 18.9 Å². The van der Waals surface area contributed by atoms with Gasteiger partial charge in [0.05, 0.1) is 17.6 Å². The third kappa shape index (κ3) is 4.84. The number of hydrogen-bond donors (Lipinski definition) is 1. The van der Waals surface area contributed by atoms with Gasteiger partial charge in [0.25, 0.3) is 5.91 Å². The Morgan fingerprint density at radius 1 is 1.27 bits per heavy atom. The average molecular weight is 405 g/mol. The highest BCUT2D eigenvalue weighted by Crippen LogP contribution is 2.26. The van der Waals surface area contributed by atoms with Crippen LogP contribution in [0.25, 0.3) is 0 Å². The third-order valence-corrected chi connectivity index (χ3v) is 5.04. The molecule has 3 rings (SSSR count). The van der Waals surface area contributed by atoms with E-state index in [0.717, 1.165) is 12.1 Å². The summed E-state index contributed by atoms with van der Waals surface area (Å²) in [5.74, 6) is -1.86. The summed E-state index contributed by atoms with van der Waals surface area (Å²) in [7, 11) is 0. The number of carbonyl (C=O) groups excluding carboxylic acids is 3. The lowest BCUT2D eigenvalue weighted by atomic mass is 10.1. The average Bonchev–Trinajstić information content (AvgIpc) is 3.15. The molecule has 154 valence electrons. The Morgan fingerprint density at radius 3 is 2.67 bits per heavy atom. The smallest absolute Gasteiger partial charge is 0.312 e. The third-order valence-electron chi connectivity index (χ3n) is 5.04. The molecule has 0 aliphatic carbocycles. The highest BCUT2D eigenvalue weighted by Gasteiger charge is 2.37. The van der Waals surface area contributed by atoms with Crippen LogP contribution in [-0.2, 0) is 25.5 Å². The molecule has 0 aromatic heterocycles. The second-order valence-electron chi connectivity index (χ2n) is 7.19. The van der Waals surface area contributed by atoms with Crippen molar-refractivity contribution in [3.05, 3.63) is 59.7 Å². The summed E-state index contributed by atoms with van der Waals surface area (Å²) in [6.45, 7) is 3.75.